The van der Waals surface area contributed by atoms with Crippen molar-refractivity contribution in [2.45, 2.75) is 0 Å². The molecule has 0 spiro atoms. The van der Waals surface area contributed by atoms with Crippen LogP contribution in [0.1, 0.15) is 16.4 Å². The summed E-state index contributed by atoms with van der Waals surface area (Å²) in [6.07, 6.45) is 0. The Bertz CT molecular complexity index is 6540. The fourth-order valence-corrected chi connectivity index (χ4v) is 12.7. The number of benzene rings is 14. The third kappa shape index (κ3) is 8.96. The average Bonchev–Trinajstić information content (AvgIpc) is 1.72. The summed E-state index contributed by atoms with van der Waals surface area (Å²) in [5.74, 6) is 0.266. The van der Waals surface area contributed by atoms with Crippen molar-refractivity contribution < 1.29 is 16.4 Å². The molecule has 6 nitrogen and oxygen atoms in total. The quantitative estimate of drug-likeness (QED) is 0.118. The fraction of sp³-hybridized carbons (Fsp3) is 0. The van der Waals surface area contributed by atoms with E-state index < -0.39 is 24.2 Å². The standard InChI is InChI=1S/C58H36N4.C24H15ClN2/c1-3-14-37(15-4-1)38-26-28-40(29-27-38)56-48-32-30-39-16-9-10-21-46(39)57(48)60-58(59-56)62-51-24-12-11-22-47(51)55-45(23-13-25-53(55)62)43-31-33-52-49(35-43)50-34-41-17-7-8-18-42(41)36-54(50)61(52)44-19-5-2-6-20-44;25-24-26-22(19-12-10-17(11-13-19)16-6-2-1-3-7-16)21-15-14-18-8-4-5-9-20(18)23(21)27-24/h1-36H;1-15H/i9D,10D,16D,21D,30D,32D;4D,5D,8D,9D,14D,15D. The van der Waals surface area contributed by atoms with E-state index in [2.05, 4.69) is 112 Å². The number of para-hydroxylation sites is 2. The van der Waals surface area contributed by atoms with Gasteiger partial charge in [-0.15, -0.1) is 0 Å². The third-order valence-electron chi connectivity index (χ3n) is 16.6. The minimum absolute atomic E-state index is 0.0509. The van der Waals surface area contributed by atoms with Crippen LogP contribution in [-0.2, 0) is 0 Å². The van der Waals surface area contributed by atoms with E-state index >= 15 is 0 Å². The molecule has 416 valence electrons. The van der Waals surface area contributed by atoms with E-state index in [9.17, 15) is 4.11 Å². The molecule has 0 atom stereocenters. The molecule has 0 amide bonds. The topological polar surface area (TPSA) is 61.4 Å². The number of hydrogen-bond acceptors (Lipinski definition) is 4. The largest absolute Gasteiger partial charge is 0.309 e. The van der Waals surface area contributed by atoms with Crippen molar-refractivity contribution >= 4 is 109 Å². The van der Waals surface area contributed by atoms with Crippen LogP contribution in [0.15, 0.2) is 309 Å². The lowest BCUT2D eigenvalue weighted by Gasteiger charge is -2.14. The zero-order valence-electron chi connectivity index (χ0n) is 59.1. The van der Waals surface area contributed by atoms with Crippen molar-refractivity contribution in [1.82, 2.24) is 29.1 Å². The molecule has 0 aliphatic rings. The number of hydrogen-bond donors (Lipinski definition) is 0. The van der Waals surface area contributed by atoms with Gasteiger partial charge in [0.2, 0.25) is 11.2 Å². The van der Waals surface area contributed by atoms with Crippen LogP contribution in [0.25, 0.3) is 165 Å². The summed E-state index contributed by atoms with van der Waals surface area (Å²) in [6, 6.07) is 75.7. The number of rotatable bonds is 7. The molecule has 0 fully saturated rings. The molecule has 0 aliphatic heterocycles. The van der Waals surface area contributed by atoms with Gasteiger partial charge in [-0.2, -0.15) is 0 Å². The zero-order valence-corrected chi connectivity index (χ0v) is 47.8. The van der Waals surface area contributed by atoms with Crippen molar-refractivity contribution in [3.8, 4) is 67.5 Å². The molecule has 0 N–H and O–H groups in total. The van der Waals surface area contributed by atoms with Gasteiger partial charge >= 0.3 is 0 Å². The zero-order chi connectivity index (χ0) is 69.4. The van der Waals surface area contributed by atoms with Crippen LogP contribution < -0.4 is 0 Å². The number of halogens is 1. The lowest BCUT2D eigenvalue weighted by molar-refractivity contribution is 1.02. The smallest absolute Gasteiger partial charge is 0.235 e. The Morgan fingerprint density at radius 1 is 0.292 bits per heavy atom. The second kappa shape index (κ2) is 21.4. The lowest BCUT2D eigenvalue weighted by Crippen LogP contribution is -2.04. The maximum absolute atomic E-state index is 9.43. The normalized spacial score (nSPS) is 13.5. The lowest BCUT2D eigenvalue weighted by atomic mass is 9.97. The summed E-state index contributed by atoms with van der Waals surface area (Å²) in [5, 5.41) is 6.97. The summed E-state index contributed by atoms with van der Waals surface area (Å²) in [7, 11) is 0. The minimum atomic E-state index is -0.466. The number of nitrogens with zero attached hydrogens (tertiary/aromatic N) is 6. The number of fused-ring (bicyclic) bond motifs is 13. The minimum Gasteiger partial charge on any atom is -0.309 e. The van der Waals surface area contributed by atoms with Gasteiger partial charge in [0, 0.05) is 59.9 Å². The van der Waals surface area contributed by atoms with E-state index in [0.717, 1.165) is 82.7 Å². The highest BCUT2D eigenvalue weighted by atomic mass is 35.5. The highest BCUT2D eigenvalue weighted by Gasteiger charge is 2.22. The Hall–Kier alpha value is -11.6. The molecular weight excluding hydrogens is 1100 g/mol. The van der Waals surface area contributed by atoms with E-state index in [4.69, 9.17) is 33.9 Å². The van der Waals surface area contributed by atoms with Crippen LogP contribution >= 0.6 is 11.6 Å². The maximum Gasteiger partial charge on any atom is 0.235 e. The summed E-state index contributed by atoms with van der Waals surface area (Å²) >= 11 is 6.23. The van der Waals surface area contributed by atoms with Crippen LogP contribution in [0.2, 0.25) is 5.28 Å². The molecule has 4 aromatic heterocycles. The van der Waals surface area contributed by atoms with Crippen molar-refractivity contribution in [3.05, 3.63) is 314 Å². The van der Waals surface area contributed by atoms with Crippen molar-refractivity contribution in [1.29, 1.82) is 0 Å². The maximum atomic E-state index is 9.43. The van der Waals surface area contributed by atoms with Gasteiger partial charge < -0.3 is 4.57 Å². The molecule has 0 saturated heterocycles. The Kier molecular flexibility index (Phi) is 9.80. The summed E-state index contributed by atoms with van der Waals surface area (Å²) in [6.45, 7) is 0. The average molecular weight is 1170 g/mol. The van der Waals surface area contributed by atoms with E-state index in [1.54, 1.807) is 0 Å². The van der Waals surface area contributed by atoms with Crippen LogP contribution in [0.3, 0.4) is 0 Å². The van der Waals surface area contributed by atoms with E-state index in [1.807, 2.05) is 144 Å². The van der Waals surface area contributed by atoms with Crippen LogP contribution in [0.4, 0.5) is 0 Å². The fourth-order valence-electron chi connectivity index (χ4n) is 12.5. The first-order chi connectivity index (χ1) is 49.0. The molecule has 89 heavy (non-hydrogen) atoms. The Morgan fingerprint density at radius 3 is 1.44 bits per heavy atom. The van der Waals surface area contributed by atoms with Crippen molar-refractivity contribution in [2.24, 2.45) is 0 Å². The van der Waals surface area contributed by atoms with Gasteiger partial charge in [-0.3, -0.25) is 4.57 Å². The van der Waals surface area contributed by atoms with Crippen molar-refractivity contribution in [3.63, 3.8) is 0 Å². The molecule has 18 rings (SSSR count). The second-order valence-corrected chi connectivity index (χ2v) is 22.1. The molecule has 0 bridgehead atoms. The van der Waals surface area contributed by atoms with E-state index in [1.165, 1.54) is 10.8 Å². The first-order valence-electron chi connectivity index (χ1n) is 35.0. The molecule has 4 heterocycles. The summed E-state index contributed by atoms with van der Waals surface area (Å²) in [4.78, 5) is 19.1. The van der Waals surface area contributed by atoms with Gasteiger partial charge in [0.25, 0.3) is 0 Å². The molecule has 18 aromatic rings. The van der Waals surface area contributed by atoms with Gasteiger partial charge in [-0.05, 0) is 127 Å². The van der Waals surface area contributed by atoms with Crippen LogP contribution in [0.5, 0.6) is 0 Å². The molecule has 0 aliphatic carbocycles. The van der Waals surface area contributed by atoms with Crippen molar-refractivity contribution in [2.75, 3.05) is 0 Å². The first kappa shape index (κ1) is 40.7. The Labute approximate surface area is 534 Å². The van der Waals surface area contributed by atoms with Gasteiger partial charge in [0.1, 0.15) is 0 Å². The Morgan fingerprint density at radius 2 is 0.787 bits per heavy atom. The predicted octanol–water partition coefficient (Wildman–Crippen LogP) is 21.9. The molecule has 7 heteroatoms. The molecule has 0 saturated carbocycles. The molecule has 14 aromatic carbocycles. The molecule has 0 unspecified atom stereocenters. The first-order valence-corrected chi connectivity index (χ1v) is 29.4. The SMILES string of the molecule is [2H]c1c([2H])c([2H])c2c(c1[2H])c([2H])c([2H])c1c(-c3ccc(-c4ccccc4)cc3)nc(-n3c4ccccc4c4c(-c5ccc6c(c5)c5cc7ccccc7cc5n6-c5ccccc5)cccc43)nc12.[2H]c1c([2H])c([2H])c2c(c1[2H])c([2H])c([2H])c1c(-c3ccc(-c4ccccc4)cc3)nc(Cl)nc12. The van der Waals surface area contributed by atoms with Gasteiger partial charge in [-0.25, -0.2) is 19.9 Å². The van der Waals surface area contributed by atoms with Gasteiger partial charge in [0.15, 0.2) is 0 Å². The summed E-state index contributed by atoms with van der Waals surface area (Å²) in [5.41, 5.74) is 13.4. The number of aromatic nitrogens is 6. The van der Waals surface area contributed by atoms with E-state index in [0.29, 0.717) is 22.5 Å². The monoisotopic (exact) mass is 1170 g/mol. The van der Waals surface area contributed by atoms with Gasteiger partial charge in [-0.1, -0.05) is 248 Å². The van der Waals surface area contributed by atoms with E-state index in [-0.39, 0.29) is 103 Å². The molecule has 0 radical (unpaired) electrons. The Balaban J connectivity index is 0.000000193. The predicted molar refractivity (Wildman–Crippen MR) is 372 cm³/mol. The van der Waals surface area contributed by atoms with Crippen LogP contribution in [-0.4, -0.2) is 29.1 Å². The van der Waals surface area contributed by atoms with Gasteiger partial charge in [0.05, 0.1) is 60.9 Å². The highest BCUT2D eigenvalue weighted by molar-refractivity contribution is 6.29. The molecular formula is C82H51ClN6. The third-order valence-corrected chi connectivity index (χ3v) is 16.8. The summed E-state index contributed by atoms with van der Waals surface area (Å²) < 4.78 is 108. The second-order valence-electron chi connectivity index (χ2n) is 21.7. The highest BCUT2D eigenvalue weighted by Crippen LogP contribution is 2.43. The van der Waals surface area contributed by atoms with Crippen LogP contribution in [0, 0.1) is 0 Å².